The van der Waals surface area contributed by atoms with E-state index in [0.717, 1.165) is 11.9 Å². The summed E-state index contributed by atoms with van der Waals surface area (Å²) in [5, 5.41) is 6.38. The largest absolute Gasteiger partial charge is 0.361 e. The highest BCUT2D eigenvalue weighted by molar-refractivity contribution is 7.13. The van der Waals surface area contributed by atoms with E-state index >= 15 is 0 Å². The number of hydrogen-bond donors (Lipinski definition) is 2. The van der Waals surface area contributed by atoms with Crippen LogP contribution in [-0.2, 0) is 20.7 Å². The highest BCUT2D eigenvalue weighted by atomic mass is 32.1. The van der Waals surface area contributed by atoms with Crippen molar-refractivity contribution in [3.63, 3.8) is 0 Å². The fourth-order valence-corrected chi connectivity index (χ4v) is 5.67. The number of aromatic amines is 1. The van der Waals surface area contributed by atoms with E-state index in [1.165, 1.54) is 22.3 Å². The van der Waals surface area contributed by atoms with Crippen LogP contribution in [0, 0.1) is 11.8 Å². The summed E-state index contributed by atoms with van der Waals surface area (Å²) in [5.41, 5.74) is 1.60. The Morgan fingerprint density at radius 3 is 3.17 bits per heavy atom. The van der Waals surface area contributed by atoms with Gasteiger partial charge in [0.25, 0.3) is 0 Å². The van der Waals surface area contributed by atoms with Crippen molar-refractivity contribution in [2.45, 2.75) is 18.1 Å². The van der Waals surface area contributed by atoms with E-state index in [1.807, 2.05) is 46.8 Å². The second-order valence-electron chi connectivity index (χ2n) is 8.10. The number of fused-ring (bicyclic) bond motifs is 2. The van der Waals surface area contributed by atoms with Gasteiger partial charge in [0.2, 0.25) is 11.8 Å². The maximum atomic E-state index is 13.3. The number of anilines is 1. The first-order chi connectivity index (χ1) is 14.6. The number of carbonyl (C=O) groups excluding carboxylic acids is 2. The van der Waals surface area contributed by atoms with Crippen LogP contribution in [0.2, 0.25) is 0 Å². The van der Waals surface area contributed by atoms with Crippen molar-refractivity contribution < 1.29 is 14.3 Å². The van der Waals surface area contributed by atoms with Crippen LogP contribution in [0.4, 0.5) is 5.13 Å². The third kappa shape index (κ3) is 2.57. The average molecular weight is 420 g/mol. The number of carbonyl (C=O) groups is 2. The zero-order valence-electron chi connectivity index (χ0n) is 16.1. The molecule has 5 heterocycles. The van der Waals surface area contributed by atoms with Crippen LogP contribution in [-0.4, -0.2) is 51.5 Å². The second-order valence-corrected chi connectivity index (χ2v) is 8.99. The molecule has 2 amide bonds. The number of aromatic nitrogens is 2. The van der Waals surface area contributed by atoms with E-state index in [0.29, 0.717) is 18.2 Å². The molecule has 2 fully saturated rings. The molecule has 0 unspecified atom stereocenters. The molecule has 1 spiro atoms. The Labute approximate surface area is 176 Å². The van der Waals surface area contributed by atoms with E-state index in [2.05, 4.69) is 21.4 Å². The lowest BCUT2D eigenvalue weighted by molar-refractivity contribution is -0.135. The Kier molecular flexibility index (Phi) is 3.88. The number of para-hydroxylation sites is 1. The Morgan fingerprint density at radius 2 is 2.30 bits per heavy atom. The highest BCUT2D eigenvalue weighted by Crippen LogP contribution is 2.52. The fraction of sp³-hybridized carbons (Fsp3) is 0.318. The van der Waals surface area contributed by atoms with Crippen molar-refractivity contribution in [3.8, 4) is 0 Å². The maximum absolute atomic E-state index is 13.3. The molecule has 2 aromatic heterocycles. The van der Waals surface area contributed by atoms with Gasteiger partial charge in [0.1, 0.15) is 5.60 Å². The number of benzene rings is 1. The van der Waals surface area contributed by atoms with Crippen LogP contribution in [0.1, 0.15) is 5.56 Å². The summed E-state index contributed by atoms with van der Waals surface area (Å²) in [6, 6.07) is 8.16. The quantitative estimate of drug-likeness (QED) is 0.621. The van der Waals surface area contributed by atoms with E-state index < -0.39 is 17.4 Å². The summed E-state index contributed by atoms with van der Waals surface area (Å²) in [4.78, 5) is 35.5. The first-order valence-corrected chi connectivity index (χ1v) is 10.9. The van der Waals surface area contributed by atoms with E-state index in [9.17, 15) is 9.59 Å². The number of H-pyrrole nitrogens is 1. The minimum absolute atomic E-state index is 0.000907. The number of ether oxygens (including phenoxy) is 1. The fourth-order valence-electron chi connectivity index (χ4n) is 5.13. The van der Waals surface area contributed by atoms with Gasteiger partial charge in [-0.25, -0.2) is 4.98 Å². The predicted molar refractivity (Wildman–Crippen MR) is 113 cm³/mol. The third-order valence-electron chi connectivity index (χ3n) is 6.47. The second kappa shape index (κ2) is 6.52. The van der Waals surface area contributed by atoms with Gasteiger partial charge in [-0.3, -0.25) is 9.59 Å². The topological polar surface area (TPSA) is 87.3 Å². The summed E-state index contributed by atoms with van der Waals surface area (Å²) in [6.45, 7) is 1.09. The van der Waals surface area contributed by atoms with Gasteiger partial charge < -0.3 is 19.9 Å². The van der Waals surface area contributed by atoms with Crippen LogP contribution >= 0.6 is 11.3 Å². The minimum atomic E-state index is -0.688. The number of rotatable bonds is 5. The first kappa shape index (κ1) is 17.9. The lowest BCUT2D eigenvalue weighted by atomic mass is 9.77. The Balaban J connectivity index is 1.21. The molecule has 2 N–H and O–H groups in total. The van der Waals surface area contributed by atoms with Crippen LogP contribution < -0.4 is 5.32 Å². The predicted octanol–water partition coefficient (Wildman–Crippen LogP) is 2.59. The summed E-state index contributed by atoms with van der Waals surface area (Å²) in [7, 11) is 0. The van der Waals surface area contributed by atoms with Gasteiger partial charge in [0, 0.05) is 35.2 Å². The van der Waals surface area contributed by atoms with E-state index in [-0.39, 0.29) is 17.9 Å². The molecular weight excluding hydrogens is 400 g/mol. The molecule has 0 aliphatic carbocycles. The third-order valence-corrected chi connectivity index (χ3v) is 7.16. The average Bonchev–Trinajstić information content (AvgIpc) is 3.55. The lowest BCUT2D eigenvalue weighted by Crippen LogP contribution is -2.41. The Morgan fingerprint density at radius 1 is 1.40 bits per heavy atom. The van der Waals surface area contributed by atoms with Crippen molar-refractivity contribution in [2.75, 3.05) is 18.4 Å². The maximum Gasteiger partial charge on any atom is 0.233 e. The van der Waals surface area contributed by atoms with E-state index in [1.54, 1.807) is 6.20 Å². The van der Waals surface area contributed by atoms with Crippen LogP contribution in [0.3, 0.4) is 0 Å². The zero-order valence-corrected chi connectivity index (χ0v) is 16.9. The molecule has 7 nitrogen and oxygen atoms in total. The normalized spacial score (nSPS) is 29.1. The van der Waals surface area contributed by atoms with Gasteiger partial charge in [0.15, 0.2) is 5.13 Å². The monoisotopic (exact) mass is 420 g/mol. The van der Waals surface area contributed by atoms with Crippen molar-refractivity contribution >= 4 is 39.2 Å². The molecule has 4 atom stereocenters. The van der Waals surface area contributed by atoms with Crippen molar-refractivity contribution in [3.05, 3.63) is 59.8 Å². The SMILES string of the molecule is O=C(Nc1nccs1)[C@H]1[C@@H]2C=C[C@]3(CN(CCc4c[nH]c5ccccc45)C(=O)[C@@H]13)O2. The molecule has 0 radical (unpaired) electrons. The smallest absolute Gasteiger partial charge is 0.233 e. The van der Waals surface area contributed by atoms with Gasteiger partial charge in [0.05, 0.1) is 24.5 Å². The zero-order chi connectivity index (χ0) is 20.3. The molecule has 3 aliphatic heterocycles. The van der Waals surface area contributed by atoms with Crippen molar-refractivity contribution in [1.82, 2.24) is 14.9 Å². The molecular formula is C22H20N4O3S. The van der Waals surface area contributed by atoms with Gasteiger partial charge in [-0.15, -0.1) is 11.3 Å². The summed E-state index contributed by atoms with van der Waals surface area (Å²) in [6.07, 6.45) is 7.97. The standard InChI is InChI=1S/C22H20N4O3S/c27-19(25-21-23-8-10-30-21)17-16-5-7-22(29-16)12-26(20(28)18(17)22)9-6-13-11-24-15-4-2-1-3-14(13)15/h1-5,7-8,10-11,16-18,24H,6,9,12H2,(H,23,25,27)/t16-,17-,18+,22+/m0/s1. The highest BCUT2D eigenvalue weighted by Gasteiger charge is 2.66. The number of hydrogen-bond acceptors (Lipinski definition) is 5. The minimum Gasteiger partial charge on any atom is -0.361 e. The molecule has 6 rings (SSSR count). The molecule has 152 valence electrons. The molecule has 3 aliphatic rings. The van der Waals surface area contributed by atoms with Crippen LogP contribution in [0.25, 0.3) is 10.9 Å². The molecule has 8 heteroatoms. The van der Waals surface area contributed by atoms with Crippen LogP contribution in [0.5, 0.6) is 0 Å². The number of likely N-dealkylation sites (tertiary alicyclic amines) is 1. The molecule has 0 saturated carbocycles. The number of thiazole rings is 1. The molecule has 1 aromatic carbocycles. The van der Waals surface area contributed by atoms with Gasteiger partial charge in [-0.2, -0.15) is 0 Å². The van der Waals surface area contributed by atoms with Crippen molar-refractivity contribution in [1.29, 1.82) is 0 Å². The van der Waals surface area contributed by atoms with Gasteiger partial charge in [-0.05, 0) is 18.1 Å². The summed E-state index contributed by atoms with van der Waals surface area (Å²) < 4.78 is 6.19. The van der Waals surface area contributed by atoms with Gasteiger partial charge in [-0.1, -0.05) is 30.4 Å². The summed E-state index contributed by atoms with van der Waals surface area (Å²) in [5.74, 6) is -1.20. The Hall–Kier alpha value is -2.97. The van der Waals surface area contributed by atoms with Crippen LogP contribution in [0.15, 0.2) is 54.2 Å². The summed E-state index contributed by atoms with van der Waals surface area (Å²) >= 11 is 1.36. The Bertz CT molecular complexity index is 1170. The molecule has 30 heavy (non-hydrogen) atoms. The van der Waals surface area contributed by atoms with E-state index in [4.69, 9.17) is 4.74 Å². The van der Waals surface area contributed by atoms with Gasteiger partial charge >= 0.3 is 0 Å². The lowest BCUT2D eigenvalue weighted by Gasteiger charge is -2.23. The number of amides is 2. The molecule has 2 saturated heterocycles. The van der Waals surface area contributed by atoms with Crippen molar-refractivity contribution in [2.24, 2.45) is 11.8 Å². The molecule has 3 aromatic rings. The number of nitrogens with one attached hydrogen (secondary N) is 2. The molecule has 2 bridgehead atoms. The number of nitrogens with zero attached hydrogens (tertiary/aromatic N) is 2. The first-order valence-electron chi connectivity index (χ1n) is 10.1.